The molecule has 5 rings (SSSR count). The Morgan fingerprint density at radius 3 is 2.58 bits per heavy atom. The fourth-order valence-corrected chi connectivity index (χ4v) is 5.55. The molecule has 0 bridgehead atoms. The van der Waals surface area contributed by atoms with E-state index in [1.54, 1.807) is 19.2 Å². The van der Waals surface area contributed by atoms with E-state index in [-0.39, 0.29) is 30.7 Å². The van der Waals surface area contributed by atoms with E-state index in [4.69, 9.17) is 19.3 Å². The Balaban J connectivity index is 1.41. The van der Waals surface area contributed by atoms with Crippen molar-refractivity contribution >= 4 is 11.9 Å². The van der Waals surface area contributed by atoms with Gasteiger partial charge < -0.3 is 24.6 Å². The van der Waals surface area contributed by atoms with Gasteiger partial charge in [0, 0.05) is 30.2 Å². The molecule has 3 aromatic carbocycles. The molecular weight excluding hydrogens is 489 g/mol. The zero-order chi connectivity index (χ0) is 27.0. The standard InChI is InChI=1S/C30H30FNO6/c1-16-10-20(36-15-27(33)32-3)11-17(2)29(16)22-6-8-24(31)30-23(22)7-9-25(30)38-19-4-5-21-18(12-28(34)35)14-37-26(21)13-19/h4-6,8,10-11,13,18,25H,7,9,12,14-15H2,1-3H3,(H,32,33)(H,34,35)/t18-,25-/m1/s1. The van der Waals surface area contributed by atoms with Gasteiger partial charge in [-0.2, -0.15) is 0 Å². The highest BCUT2D eigenvalue weighted by Crippen LogP contribution is 2.45. The summed E-state index contributed by atoms with van der Waals surface area (Å²) >= 11 is 0. The van der Waals surface area contributed by atoms with Gasteiger partial charge in [0.25, 0.3) is 5.91 Å². The topological polar surface area (TPSA) is 94.1 Å². The molecule has 1 aliphatic heterocycles. The lowest BCUT2D eigenvalue weighted by Gasteiger charge is -2.19. The quantitative estimate of drug-likeness (QED) is 0.422. The average molecular weight is 520 g/mol. The van der Waals surface area contributed by atoms with Gasteiger partial charge in [0.2, 0.25) is 0 Å². The Hall–Kier alpha value is -4.07. The molecule has 2 atom stereocenters. The van der Waals surface area contributed by atoms with Crippen molar-refractivity contribution in [2.24, 2.45) is 0 Å². The number of ether oxygens (including phenoxy) is 3. The second kappa shape index (κ2) is 10.4. The number of nitrogens with one attached hydrogen (secondary N) is 1. The molecule has 3 aromatic rings. The minimum absolute atomic E-state index is 0.0111. The van der Waals surface area contributed by atoms with Crippen LogP contribution in [0.25, 0.3) is 11.1 Å². The average Bonchev–Trinajstić information content (AvgIpc) is 3.48. The van der Waals surface area contributed by atoms with E-state index in [1.807, 2.05) is 38.1 Å². The van der Waals surface area contributed by atoms with E-state index in [9.17, 15) is 9.59 Å². The van der Waals surface area contributed by atoms with Crippen molar-refractivity contribution in [2.75, 3.05) is 20.3 Å². The fourth-order valence-electron chi connectivity index (χ4n) is 5.55. The van der Waals surface area contributed by atoms with Crippen molar-refractivity contribution in [3.8, 4) is 28.4 Å². The minimum Gasteiger partial charge on any atom is -0.492 e. The van der Waals surface area contributed by atoms with Gasteiger partial charge in [0.15, 0.2) is 6.61 Å². The molecule has 38 heavy (non-hydrogen) atoms. The van der Waals surface area contributed by atoms with Gasteiger partial charge in [-0.3, -0.25) is 9.59 Å². The van der Waals surface area contributed by atoms with Crippen LogP contribution < -0.4 is 19.5 Å². The molecule has 0 fully saturated rings. The number of rotatable bonds is 8. The Labute approximate surface area is 220 Å². The molecule has 2 N–H and O–H groups in total. The van der Waals surface area contributed by atoms with Crippen molar-refractivity contribution in [3.63, 3.8) is 0 Å². The summed E-state index contributed by atoms with van der Waals surface area (Å²) < 4.78 is 32.8. The molecule has 8 heteroatoms. The van der Waals surface area contributed by atoms with Crippen LogP contribution in [-0.2, 0) is 16.0 Å². The Morgan fingerprint density at radius 1 is 1.11 bits per heavy atom. The van der Waals surface area contributed by atoms with Crippen molar-refractivity contribution < 1.29 is 33.3 Å². The summed E-state index contributed by atoms with van der Waals surface area (Å²) in [5.41, 5.74) is 6.28. The first-order chi connectivity index (χ1) is 18.2. The molecule has 0 aromatic heterocycles. The van der Waals surface area contributed by atoms with Gasteiger partial charge in [-0.15, -0.1) is 0 Å². The lowest BCUT2D eigenvalue weighted by molar-refractivity contribution is -0.137. The van der Waals surface area contributed by atoms with Crippen LogP contribution in [0.3, 0.4) is 0 Å². The second-order valence-electron chi connectivity index (χ2n) is 9.83. The SMILES string of the molecule is CNC(=O)COc1cc(C)c(-c2ccc(F)c3c2CC[C@H]3Oc2ccc3c(c2)OC[C@H]3CC(=O)O)c(C)c1. The van der Waals surface area contributed by atoms with Gasteiger partial charge in [-0.1, -0.05) is 12.1 Å². The van der Waals surface area contributed by atoms with Gasteiger partial charge >= 0.3 is 5.97 Å². The zero-order valence-electron chi connectivity index (χ0n) is 21.6. The summed E-state index contributed by atoms with van der Waals surface area (Å²) in [6.07, 6.45) is 0.865. The molecule has 7 nitrogen and oxygen atoms in total. The molecule has 0 saturated carbocycles. The van der Waals surface area contributed by atoms with Crippen LogP contribution in [0.4, 0.5) is 4.39 Å². The minimum atomic E-state index is -0.864. The van der Waals surface area contributed by atoms with E-state index in [0.717, 1.165) is 33.4 Å². The van der Waals surface area contributed by atoms with Gasteiger partial charge in [-0.05, 0) is 78.8 Å². The molecule has 1 amide bonds. The van der Waals surface area contributed by atoms with Gasteiger partial charge in [0.05, 0.1) is 13.0 Å². The van der Waals surface area contributed by atoms with Crippen LogP contribution in [0.15, 0.2) is 42.5 Å². The molecular formula is C30H30FNO6. The molecule has 198 valence electrons. The first kappa shape index (κ1) is 25.6. The number of fused-ring (bicyclic) bond motifs is 2. The number of carboxylic acid groups (broad SMARTS) is 1. The molecule has 0 unspecified atom stereocenters. The summed E-state index contributed by atoms with van der Waals surface area (Å²) in [5.74, 6) is 0.232. The third kappa shape index (κ3) is 4.90. The first-order valence-electron chi connectivity index (χ1n) is 12.7. The number of hydrogen-bond acceptors (Lipinski definition) is 5. The third-order valence-corrected chi connectivity index (χ3v) is 7.27. The normalized spacial score (nSPS) is 17.4. The van der Waals surface area contributed by atoms with Crippen molar-refractivity contribution in [1.82, 2.24) is 5.32 Å². The predicted molar refractivity (Wildman–Crippen MR) is 139 cm³/mol. The molecule has 0 radical (unpaired) electrons. The van der Waals surface area contributed by atoms with Crippen LogP contribution in [0.2, 0.25) is 0 Å². The lowest BCUT2D eigenvalue weighted by atomic mass is 9.90. The molecule has 2 aliphatic rings. The number of amides is 1. The Bertz CT molecular complexity index is 1400. The highest BCUT2D eigenvalue weighted by Gasteiger charge is 2.32. The number of carboxylic acids is 1. The summed E-state index contributed by atoms with van der Waals surface area (Å²) in [6.45, 7) is 4.23. The van der Waals surface area contributed by atoms with Crippen molar-refractivity contribution in [3.05, 3.63) is 76.1 Å². The molecule has 1 aliphatic carbocycles. The zero-order valence-corrected chi connectivity index (χ0v) is 21.6. The maximum atomic E-state index is 15.2. The number of carbonyl (C=O) groups is 2. The number of aryl methyl sites for hydroxylation is 2. The number of likely N-dealkylation sites (N-methyl/N-ethyl adjacent to an activating group) is 1. The summed E-state index contributed by atoms with van der Waals surface area (Å²) in [7, 11) is 1.56. The number of aliphatic carboxylic acids is 1. The lowest BCUT2D eigenvalue weighted by Crippen LogP contribution is -2.24. The Kier molecular flexibility index (Phi) is 6.97. The van der Waals surface area contributed by atoms with E-state index in [2.05, 4.69) is 5.32 Å². The van der Waals surface area contributed by atoms with Crippen molar-refractivity contribution in [2.45, 2.75) is 45.1 Å². The largest absolute Gasteiger partial charge is 0.492 e. The number of benzene rings is 3. The number of halogens is 1. The van der Waals surface area contributed by atoms with Gasteiger partial charge in [-0.25, -0.2) is 4.39 Å². The van der Waals surface area contributed by atoms with E-state index < -0.39 is 12.1 Å². The third-order valence-electron chi connectivity index (χ3n) is 7.27. The monoisotopic (exact) mass is 519 g/mol. The van der Waals surface area contributed by atoms with Crippen LogP contribution in [0, 0.1) is 19.7 Å². The van der Waals surface area contributed by atoms with Crippen LogP contribution in [0.1, 0.15) is 52.7 Å². The first-order valence-corrected chi connectivity index (χ1v) is 12.7. The van der Waals surface area contributed by atoms with Crippen LogP contribution in [0.5, 0.6) is 17.2 Å². The summed E-state index contributed by atoms with van der Waals surface area (Å²) in [4.78, 5) is 22.7. The van der Waals surface area contributed by atoms with Gasteiger partial charge in [0.1, 0.15) is 29.2 Å². The number of carbonyl (C=O) groups excluding carboxylic acids is 1. The fraction of sp³-hybridized carbons (Fsp3) is 0.333. The van der Waals surface area contributed by atoms with Crippen LogP contribution in [-0.4, -0.2) is 37.2 Å². The van der Waals surface area contributed by atoms with E-state index >= 15 is 4.39 Å². The molecule has 1 heterocycles. The van der Waals surface area contributed by atoms with Crippen molar-refractivity contribution in [1.29, 1.82) is 0 Å². The smallest absolute Gasteiger partial charge is 0.304 e. The molecule has 0 saturated heterocycles. The number of hydrogen-bond donors (Lipinski definition) is 2. The maximum Gasteiger partial charge on any atom is 0.304 e. The van der Waals surface area contributed by atoms with Crippen LogP contribution >= 0.6 is 0 Å². The summed E-state index contributed by atoms with van der Waals surface area (Å²) in [6, 6.07) is 12.5. The predicted octanol–water partition coefficient (Wildman–Crippen LogP) is 5.25. The summed E-state index contributed by atoms with van der Waals surface area (Å²) in [5, 5.41) is 11.7. The highest BCUT2D eigenvalue weighted by atomic mass is 19.1. The van der Waals surface area contributed by atoms with E-state index in [1.165, 1.54) is 6.07 Å². The molecule has 0 spiro atoms. The second-order valence-corrected chi connectivity index (χ2v) is 9.83. The van der Waals surface area contributed by atoms with E-state index in [0.29, 0.717) is 42.3 Å². The Morgan fingerprint density at radius 2 is 1.87 bits per heavy atom. The maximum absolute atomic E-state index is 15.2. The highest BCUT2D eigenvalue weighted by molar-refractivity contribution is 5.78.